The lowest BCUT2D eigenvalue weighted by Crippen LogP contribution is -2.23. The molecule has 0 saturated carbocycles. The Morgan fingerprint density at radius 2 is 2.06 bits per heavy atom. The molecule has 0 amide bonds. The molecule has 1 N–H and O–H groups in total. The van der Waals surface area contributed by atoms with E-state index in [4.69, 9.17) is 0 Å². The Morgan fingerprint density at radius 3 is 2.83 bits per heavy atom. The number of rotatable bonds is 1. The second kappa shape index (κ2) is 4.25. The van der Waals surface area contributed by atoms with Crippen molar-refractivity contribution in [2.75, 3.05) is 6.54 Å². The number of nitrogens with one attached hydrogen (secondary N) is 1. The Balaban J connectivity index is 2.16. The van der Waals surface area contributed by atoms with Gasteiger partial charge in [0, 0.05) is 37.7 Å². The molecule has 18 heavy (non-hydrogen) atoms. The minimum Gasteiger partial charge on any atom is -0.312 e. The van der Waals surface area contributed by atoms with Gasteiger partial charge in [0.2, 0.25) is 0 Å². The highest BCUT2D eigenvalue weighted by molar-refractivity contribution is 5.66. The molecule has 0 saturated heterocycles. The first-order chi connectivity index (χ1) is 8.66. The first kappa shape index (κ1) is 11.5. The Labute approximate surface area is 108 Å². The minimum absolute atomic E-state index is 0.936. The Kier molecular flexibility index (Phi) is 2.71. The molecule has 0 unspecified atom stereocenters. The molecule has 2 aromatic rings. The zero-order chi connectivity index (χ0) is 12.7. The molecule has 3 nitrogen and oxygen atoms in total. The van der Waals surface area contributed by atoms with E-state index < -0.39 is 0 Å². The van der Waals surface area contributed by atoms with Crippen LogP contribution in [0.4, 0.5) is 0 Å². The Morgan fingerprint density at radius 1 is 1.22 bits per heavy atom. The standard InChI is InChI=1S/C15H19N3/c1-10-4-5-12(8-11(10)2)15-13-9-16-7-6-14(13)17-18(15)3/h4-5,8,16H,6-7,9H2,1-3H3. The van der Waals surface area contributed by atoms with E-state index in [2.05, 4.69) is 42.5 Å². The van der Waals surface area contributed by atoms with Crippen LogP contribution in [-0.2, 0) is 20.0 Å². The number of hydrogen-bond acceptors (Lipinski definition) is 2. The molecule has 2 heterocycles. The lowest BCUT2D eigenvalue weighted by molar-refractivity contribution is 0.633. The van der Waals surface area contributed by atoms with Crippen LogP contribution in [0.5, 0.6) is 0 Å². The van der Waals surface area contributed by atoms with Crippen molar-refractivity contribution in [3.05, 3.63) is 40.6 Å². The SMILES string of the molecule is Cc1ccc(-c2c3c(nn2C)CCNC3)cc1C. The van der Waals surface area contributed by atoms with Gasteiger partial charge >= 0.3 is 0 Å². The Hall–Kier alpha value is -1.61. The van der Waals surface area contributed by atoms with Crippen molar-refractivity contribution in [2.45, 2.75) is 26.8 Å². The third-order valence-electron chi connectivity index (χ3n) is 3.85. The van der Waals surface area contributed by atoms with Crippen molar-refractivity contribution < 1.29 is 0 Å². The molecule has 0 fully saturated rings. The van der Waals surface area contributed by atoms with Crippen LogP contribution in [0, 0.1) is 13.8 Å². The maximum Gasteiger partial charge on any atom is 0.0726 e. The number of fused-ring (bicyclic) bond motifs is 1. The third kappa shape index (κ3) is 1.75. The minimum atomic E-state index is 0.936. The maximum absolute atomic E-state index is 4.66. The van der Waals surface area contributed by atoms with Crippen LogP contribution < -0.4 is 5.32 Å². The first-order valence-corrected chi connectivity index (χ1v) is 6.50. The van der Waals surface area contributed by atoms with Crippen molar-refractivity contribution in [2.24, 2.45) is 7.05 Å². The molecule has 1 aromatic heterocycles. The zero-order valence-corrected chi connectivity index (χ0v) is 11.2. The van der Waals surface area contributed by atoms with E-state index in [1.807, 2.05) is 11.7 Å². The van der Waals surface area contributed by atoms with E-state index in [0.717, 1.165) is 19.5 Å². The molecular weight excluding hydrogens is 222 g/mol. The van der Waals surface area contributed by atoms with Crippen LogP contribution in [0.25, 0.3) is 11.3 Å². The highest BCUT2D eigenvalue weighted by Gasteiger charge is 2.19. The predicted molar refractivity (Wildman–Crippen MR) is 73.5 cm³/mol. The molecular formula is C15H19N3. The molecule has 3 rings (SSSR count). The summed E-state index contributed by atoms with van der Waals surface area (Å²) in [6.07, 6.45) is 1.04. The number of hydrogen-bond donors (Lipinski definition) is 1. The summed E-state index contributed by atoms with van der Waals surface area (Å²) in [6, 6.07) is 6.66. The largest absolute Gasteiger partial charge is 0.312 e. The van der Waals surface area contributed by atoms with Crippen molar-refractivity contribution in [3.8, 4) is 11.3 Å². The van der Waals surface area contributed by atoms with Gasteiger partial charge in [0.1, 0.15) is 0 Å². The molecule has 3 heteroatoms. The van der Waals surface area contributed by atoms with E-state index in [0.29, 0.717) is 0 Å². The Bertz CT molecular complexity index is 596. The van der Waals surface area contributed by atoms with E-state index in [9.17, 15) is 0 Å². The van der Waals surface area contributed by atoms with E-state index >= 15 is 0 Å². The average Bonchev–Trinajstić information content (AvgIpc) is 2.69. The van der Waals surface area contributed by atoms with E-state index in [1.54, 1.807) is 0 Å². The fourth-order valence-corrected chi connectivity index (χ4v) is 2.68. The summed E-state index contributed by atoms with van der Waals surface area (Å²) in [7, 11) is 2.04. The number of benzene rings is 1. The molecule has 0 aliphatic carbocycles. The van der Waals surface area contributed by atoms with E-state index in [1.165, 1.54) is 33.6 Å². The van der Waals surface area contributed by atoms with Crippen molar-refractivity contribution in [3.63, 3.8) is 0 Å². The monoisotopic (exact) mass is 241 g/mol. The van der Waals surface area contributed by atoms with Gasteiger partial charge in [0.15, 0.2) is 0 Å². The van der Waals surface area contributed by atoms with Gasteiger partial charge in [-0.1, -0.05) is 12.1 Å². The van der Waals surface area contributed by atoms with Crippen LogP contribution in [0.3, 0.4) is 0 Å². The maximum atomic E-state index is 4.66. The van der Waals surface area contributed by atoms with E-state index in [-0.39, 0.29) is 0 Å². The van der Waals surface area contributed by atoms with Gasteiger partial charge in [-0.15, -0.1) is 0 Å². The molecule has 0 bridgehead atoms. The van der Waals surface area contributed by atoms with Crippen molar-refractivity contribution in [1.82, 2.24) is 15.1 Å². The summed E-state index contributed by atoms with van der Waals surface area (Å²) in [5, 5.41) is 8.09. The summed E-state index contributed by atoms with van der Waals surface area (Å²) in [5.74, 6) is 0. The van der Waals surface area contributed by atoms with Gasteiger partial charge < -0.3 is 5.32 Å². The molecule has 0 atom stereocenters. The lowest BCUT2D eigenvalue weighted by atomic mass is 9.99. The van der Waals surface area contributed by atoms with Crippen LogP contribution in [0.15, 0.2) is 18.2 Å². The van der Waals surface area contributed by atoms with Gasteiger partial charge in [-0.25, -0.2) is 0 Å². The average molecular weight is 241 g/mol. The molecule has 1 aliphatic heterocycles. The summed E-state index contributed by atoms with van der Waals surface area (Å²) < 4.78 is 2.03. The fraction of sp³-hybridized carbons (Fsp3) is 0.400. The van der Waals surface area contributed by atoms with Gasteiger partial charge in [-0.2, -0.15) is 5.10 Å². The zero-order valence-electron chi connectivity index (χ0n) is 11.2. The predicted octanol–water partition coefficient (Wildman–Crippen LogP) is 2.35. The number of aryl methyl sites for hydroxylation is 3. The quantitative estimate of drug-likeness (QED) is 0.830. The van der Waals surface area contributed by atoms with Crippen molar-refractivity contribution in [1.29, 1.82) is 0 Å². The normalized spacial score (nSPS) is 14.6. The summed E-state index contributed by atoms with van der Waals surface area (Å²) in [4.78, 5) is 0. The molecule has 1 aliphatic rings. The third-order valence-corrected chi connectivity index (χ3v) is 3.85. The number of nitrogens with zero attached hydrogens (tertiary/aromatic N) is 2. The fourth-order valence-electron chi connectivity index (χ4n) is 2.68. The van der Waals surface area contributed by atoms with Gasteiger partial charge in [-0.05, 0) is 31.0 Å². The van der Waals surface area contributed by atoms with Gasteiger partial charge in [0.25, 0.3) is 0 Å². The highest BCUT2D eigenvalue weighted by Crippen LogP contribution is 2.29. The lowest BCUT2D eigenvalue weighted by Gasteiger charge is -2.13. The molecule has 0 radical (unpaired) electrons. The molecule has 94 valence electrons. The van der Waals surface area contributed by atoms with Crippen LogP contribution in [0.1, 0.15) is 22.4 Å². The van der Waals surface area contributed by atoms with Gasteiger partial charge in [-0.3, -0.25) is 4.68 Å². The van der Waals surface area contributed by atoms with Crippen LogP contribution in [-0.4, -0.2) is 16.3 Å². The van der Waals surface area contributed by atoms with Crippen LogP contribution >= 0.6 is 0 Å². The summed E-state index contributed by atoms with van der Waals surface area (Å²) >= 11 is 0. The highest BCUT2D eigenvalue weighted by atomic mass is 15.3. The second-order valence-corrected chi connectivity index (χ2v) is 5.12. The number of aromatic nitrogens is 2. The second-order valence-electron chi connectivity index (χ2n) is 5.12. The first-order valence-electron chi connectivity index (χ1n) is 6.50. The molecule has 0 spiro atoms. The van der Waals surface area contributed by atoms with Gasteiger partial charge in [0.05, 0.1) is 11.4 Å². The molecule has 1 aromatic carbocycles. The topological polar surface area (TPSA) is 29.9 Å². The van der Waals surface area contributed by atoms with Crippen LogP contribution in [0.2, 0.25) is 0 Å². The van der Waals surface area contributed by atoms with Crippen molar-refractivity contribution >= 4 is 0 Å². The summed E-state index contributed by atoms with van der Waals surface area (Å²) in [6.45, 7) is 6.29. The smallest absolute Gasteiger partial charge is 0.0726 e. The summed E-state index contributed by atoms with van der Waals surface area (Å²) in [5.41, 5.74) is 7.84.